The molecule has 3 nitrogen and oxygen atoms in total. The summed E-state index contributed by atoms with van der Waals surface area (Å²) < 4.78 is 0. The predicted octanol–water partition coefficient (Wildman–Crippen LogP) is 6.83. The normalized spacial score (nSPS) is 27.4. The van der Waals surface area contributed by atoms with E-state index in [2.05, 4.69) is 36.5 Å². The van der Waals surface area contributed by atoms with Crippen LogP contribution in [-0.2, 0) is 0 Å². The average Bonchev–Trinajstić information content (AvgIpc) is 3.23. The molecule has 0 radical (unpaired) electrons. The van der Waals surface area contributed by atoms with Gasteiger partial charge in [-0.15, -0.1) is 0 Å². The van der Waals surface area contributed by atoms with Gasteiger partial charge in [-0.05, 0) is 80.0 Å². The smallest absolute Gasteiger partial charge is 0.254 e. The van der Waals surface area contributed by atoms with Crippen LogP contribution < -0.4 is 5.32 Å². The van der Waals surface area contributed by atoms with Gasteiger partial charge in [-0.2, -0.15) is 0 Å². The van der Waals surface area contributed by atoms with Gasteiger partial charge in [0.15, 0.2) is 0 Å². The molecule has 4 atom stereocenters. The molecular weight excluding hydrogens is 415 g/mol. The summed E-state index contributed by atoms with van der Waals surface area (Å²) >= 11 is 12.7. The van der Waals surface area contributed by atoms with Crippen molar-refractivity contribution in [2.24, 2.45) is 5.92 Å². The largest absolute Gasteiger partial charge is 0.378 e. The molecule has 2 aliphatic heterocycles. The van der Waals surface area contributed by atoms with Crippen LogP contribution in [0.3, 0.4) is 0 Å². The van der Waals surface area contributed by atoms with Gasteiger partial charge in [0.1, 0.15) is 0 Å². The second kappa shape index (κ2) is 7.94. The second-order valence-electron chi connectivity index (χ2n) is 8.79. The third-order valence-electron chi connectivity index (χ3n) is 6.97. The first-order valence-corrected chi connectivity index (χ1v) is 11.6. The van der Waals surface area contributed by atoms with Gasteiger partial charge in [-0.1, -0.05) is 41.4 Å². The van der Waals surface area contributed by atoms with Gasteiger partial charge in [-0.3, -0.25) is 4.79 Å². The summed E-state index contributed by atoms with van der Waals surface area (Å²) in [5, 5.41) is 5.05. The number of piperidine rings is 1. The van der Waals surface area contributed by atoms with Gasteiger partial charge in [0.05, 0.1) is 6.04 Å². The number of halogens is 2. The third kappa shape index (κ3) is 3.42. The summed E-state index contributed by atoms with van der Waals surface area (Å²) in [6.07, 6.45) is 8.93. The fourth-order valence-corrected chi connectivity index (χ4v) is 5.88. The SMILES string of the molecule is C[C@@H]1CCCCN1C(=O)c1ccc2c(c1)[C@@H]1C=CC[C@H]1[C@H](c1ccc(Cl)cc1Cl)N2. The Bertz CT molecular complexity index is 1020. The number of amides is 1. The summed E-state index contributed by atoms with van der Waals surface area (Å²) in [7, 11) is 0. The van der Waals surface area contributed by atoms with Gasteiger partial charge in [0.25, 0.3) is 5.91 Å². The maximum atomic E-state index is 13.2. The van der Waals surface area contributed by atoms with Crippen molar-refractivity contribution in [3.05, 3.63) is 75.3 Å². The molecule has 156 valence electrons. The number of likely N-dealkylation sites (tertiary alicyclic amines) is 1. The van der Waals surface area contributed by atoms with Crippen molar-refractivity contribution in [2.75, 3.05) is 11.9 Å². The van der Waals surface area contributed by atoms with E-state index in [0.717, 1.165) is 42.6 Å². The molecule has 3 aliphatic rings. The number of hydrogen-bond acceptors (Lipinski definition) is 2. The van der Waals surface area contributed by atoms with E-state index in [1.165, 1.54) is 12.0 Å². The number of hydrogen-bond donors (Lipinski definition) is 1. The van der Waals surface area contributed by atoms with Crippen LogP contribution >= 0.6 is 23.2 Å². The van der Waals surface area contributed by atoms with E-state index in [1.807, 2.05) is 29.2 Å². The Balaban J connectivity index is 1.48. The molecule has 1 aliphatic carbocycles. The molecule has 30 heavy (non-hydrogen) atoms. The molecular formula is C25H26Cl2N2O. The predicted molar refractivity (Wildman–Crippen MR) is 124 cm³/mol. The van der Waals surface area contributed by atoms with Crippen molar-refractivity contribution in [3.8, 4) is 0 Å². The summed E-state index contributed by atoms with van der Waals surface area (Å²) in [5.74, 6) is 0.811. The molecule has 5 rings (SSSR count). The lowest BCUT2D eigenvalue weighted by Gasteiger charge is -2.38. The first-order valence-electron chi connectivity index (χ1n) is 10.9. The number of carbonyl (C=O) groups excluding carboxylic acids is 1. The number of carbonyl (C=O) groups is 1. The lowest BCUT2D eigenvalue weighted by atomic mass is 9.76. The highest BCUT2D eigenvalue weighted by Gasteiger charge is 2.39. The number of allylic oxidation sites excluding steroid dienone is 2. The topological polar surface area (TPSA) is 32.3 Å². The highest BCUT2D eigenvalue weighted by Crippen LogP contribution is 2.51. The highest BCUT2D eigenvalue weighted by molar-refractivity contribution is 6.35. The van der Waals surface area contributed by atoms with Crippen LogP contribution in [0.5, 0.6) is 0 Å². The lowest BCUT2D eigenvalue weighted by molar-refractivity contribution is 0.0635. The maximum Gasteiger partial charge on any atom is 0.254 e. The zero-order valence-corrected chi connectivity index (χ0v) is 18.6. The van der Waals surface area contributed by atoms with Gasteiger partial charge in [0, 0.05) is 39.8 Å². The van der Waals surface area contributed by atoms with Crippen LogP contribution in [0.25, 0.3) is 0 Å². The molecule has 2 aromatic carbocycles. The van der Waals surface area contributed by atoms with Gasteiger partial charge >= 0.3 is 0 Å². The van der Waals surface area contributed by atoms with E-state index in [4.69, 9.17) is 23.2 Å². The summed E-state index contributed by atoms with van der Waals surface area (Å²) in [5.41, 5.74) is 4.17. The molecule has 1 fully saturated rings. The van der Waals surface area contributed by atoms with Crippen molar-refractivity contribution in [2.45, 2.75) is 50.6 Å². The fraction of sp³-hybridized carbons (Fsp3) is 0.400. The van der Waals surface area contributed by atoms with Gasteiger partial charge in [-0.25, -0.2) is 0 Å². The zero-order chi connectivity index (χ0) is 20.8. The molecule has 0 unspecified atom stereocenters. The quantitative estimate of drug-likeness (QED) is 0.518. The van der Waals surface area contributed by atoms with E-state index in [-0.39, 0.29) is 17.9 Å². The molecule has 1 N–H and O–H groups in total. The van der Waals surface area contributed by atoms with Crippen LogP contribution in [0.15, 0.2) is 48.6 Å². The first kappa shape index (κ1) is 20.0. The minimum Gasteiger partial charge on any atom is -0.378 e. The van der Waals surface area contributed by atoms with Gasteiger partial charge in [0.2, 0.25) is 0 Å². The Labute approximate surface area is 188 Å². The number of nitrogens with zero attached hydrogens (tertiary/aromatic N) is 1. The Kier molecular flexibility index (Phi) is 5.28. The highest BCUT2D eigenvalue weighted by atomic mass is 35.5. The standard InChI is InChI=1S/C25H26Cl2N2O/c1-15-5-2-3-12-29(15)25(30)16-8-11-23-21(13-16)18-6-4-7-19(18)24(28-23)20-10-9-17(26)14-22(20)27/h4,6,8-11,13-15,18-19,24,28H,2-3,5,7,12H2,1H3/t15-,18-,19-,24-/m1/s1. The van der Waals surface area contributed by atoms with Gasteiger partial charge < -0.3 is 10.2 Å². The minimum atomic E-state index is 0.117. The molecule has 0 saturated carbocycles. The van der Waals surface area contributed by atoms with Crippen molar-refractivity contribution in [1.82, 2.24) is 4.90 Å². The molecule has 0 bridgehead atoms. The first-order chi connectivity index (χ1) is 14.5. The summed E-state index contributed by atoms with van der Waals surface area (Å²) in [6.45, 7) is 3.02. The molecule has 2 heterocycles. The van der Waals surface area contributed by atoms with Crippen LogP contribution in [-0.4, -0.2) is 23.4 Å². The molecule has 2 aromatic rings. The zero-order valence-electron chi connectivity index (χ0n) is 17.1. The molecule has 5 heteroatoms. The average molecular weight is 441 g/mol. The van der Waals surface area contributed by atoms with Crippen molar-refractivity contribution in [1.29, 1.82) is 0 Å². The maximum absolute atomic E-state index is 13.2. The number of rotatable bonds is 2. The lowest BCUT2D eigenvalue weighted by Crippen LogP contribution is -2.42. The van der Waals surface area contributed by atoms with Crippen molar-refractivity contribution in [3.63, 3.8) is 0 Å². The monoisotopic (exact) mass is 440 g/mol. The van der Waals surface area contributed by atoms with E-state index in [9.17, 15) is 4.79 Å². The minimum absolute atomic E-state index is 0.117. The van der Waals surface area contributed by atoms with Crippen molar-refractivity contribution >= 4 is 34.8 Å². The number of fused-ring (bicyclic) bond motifs is 3. The Morgan fingerprint density at radius 2 is 1.97 bits per heavy atom. The van der Waals surface area contributed by atoms with Crippen LogP contribution in [0, 0.1) is 5.92 Å². The van der Waals surface area contributed by atoms with E-state index in [1.54, 1.807) is 0 Å². The second-order valence-corrected chi connectivity index (χ2v) is 9.63. The van der Waals surface area contributed by atoms with Crippen LogP contribution in [0.4, 0.5) is 5.69 Å². The summed E-state index contributed by atoms with van der Waals surface area (Å²) in [4.78, 5) is 15.2. The number of nitrogens with one attached hydrogen (secondary N) is 1. The van der Waals surface area contributed by atoms with Crippen molar-refractivity contribution < 1.29 is 4.79 Å². The van der Waals surface area contributed by atoms with E-state index < -0.39 is 0 Å². The van der Waals surface area contributed by atoms with Crippen LogP contribution in [0.2, 0.25) is 10.0 Å². The third-order valence-corrected chi connectivity index (χ3v) is 7.53. The molecule has 0 spiro atoms. The number of anilines is 1. The molecule has 1 amide bonds. The summed E-state index contributed by atoms with van der Waals surface area (Å²) in [6, 6.07) is 12.3. The van der Waals surface area contributed by atoms with E-state index in [0.29, 0.717) is 22.0 Å². The van der Waals surface area contributed by atoms with E-state index >= 15 is 0 Å². The van der Waals surface area contributed by atoms with Crippen LogP contribution in [0.1, 0.15) is 66.1 Å². The molecule has 1 saturated heterocycles. The fourth-order valence-electron chi connectivity index (χ4n) is 5.35. The Hall–Kier alpha value is -1.97. The Morgan fingerprint density at radius 3 is 2.77 bits per heavy atom. The Morgan fingerprint density at radius 1 is 1.10 bits per heavy atom. The molecule has 0 aromatic heterocycles. The number of benzene rings is 2.